The Morgan fingerprint density at radius 1 is 0.697 bits per heavy atom. The highest BCUT2D eigenvalue weighted by Gasteiger charge is 2.19. The molecule has 0 bridgehead atoms. The van der Waals surface area contributed by atoms with Crippen molar-refractivity contribution in [1.29, 1.82) is 0 Å². The van der Waals surface area contributed by atoms with Crippen LogP contribution in [0.1, 0.15) is 5.89 Å². The Labute approximate surface area is 191 Å². The third kappa shape index (κ3) is 3.40. The second-order valence-corrected chi connectivity index (χ2v) is 7.87. The van der Waals surface area contributed by atoms with Crippen LogP contribution in [0.15, 0.2) is 108 Å². The molecule has 6 rings (SSSR count). The van der Waals surface area contributed by atoms with Crippen LogP contribution in [0.25, 0.3) is 50.4 Å². The van der Waals surface area contributed by atoms with Gasteiger partial charge in [-0.15, -0.1) is 10.2 Å². The first kappa shape index (κ1) is 19.2. The maximum absolute atomic E-state index is 5.66. The van der Waals surface area contributed by atoms with Crippen molar-refractivity contribution in [2.45, 2.75) is 6.92 Å². The Morgan fingerprint density at radius 3 is 2.03 bits per heavy atom. The number of oxazole rings is 1. The van der Waals surface area contributed by atoms with Gasteiger partial charge in [-0.05, 0) is 29.3 Å². The minimum atomic E-state index is 0.643. The average molecular weight is 428 g/mol. The lowest BCUT2D eigenvalue weighted by Gasteiger charge is -2.18. The third-order valence-electron chi connectivity index (χ3n) is 5.75. The quantitative estimate of drug-likeness (QED) is 0.313. The van der Waals surface area contributed by atoms with E-state index in [0.29, 0.717) is 5.89 Å². The zero-order chi connectivity index (χ0) is 22.2. The van der Waals surface area contributed by atoms with Gasteiger partial charge in [-0.25, -0.2) is 4.98 Å². The summed E-state index contributed by atoms with van der Waals surface area (Å²) < 4.78 is 7.72. The number of aryl methyl sites for hydroxylation is 1. The average Bonchev–Trinajstić information content (AvgIpc) is 3.50. The van der Waals surface area contributed by atoms with Crippen LogP contribution < -0.4 is 0 Å². The van der Waals surface area contributed by atoms with Gasteiger partial charge >= 0.3 is 0 Å². The fraction of sp³-hybridized carbons (Fsp3) is 0.0357. The molecule has 2 heterocycles. The minimum absolute atomic E-state index is 0.643. The van der Waals surface area contributed by atoms with Crippen LogP contribution in [-0.4, -0.2) is 19.7 Å². The van der Waals surface area contributed by atoms with Crippen LogP contribution >= 0.6 is 0 Å². The van der Waals surface area contributed by atoms with Crippen molar-refractivity contribution in [2.75, 3.05) is 0 Å². The van der Waals surface area contributed by atoms with E-state index in [9.17, 15) is 0 Å². The maximum Gasteiger partial charge on any atom is 0.192 e. The zero-order valence-corrected chi connectivity index (χ0v) is 18.0. The molecule has 33 heavy (non-hydrogen) atoms. The van der Waals surface area contributed by atoms with Crippen molar-refractivity contribution >= 4 is 11.1 Å². The van der Waals surface area contributed by atoms with Crippen molar-refractivity contribution in [3.8, 4) is 39.3 Å². The first-order valence-electron chi connectivity index (χ1n) is 10.8. The van der Waals surface area contributed by atoms with E-state index in [0.717, 1.165) is 50.4 Å². The fourth-order valence-corrected chi connectivity index (χ4v) is 4.28. The van der Waals surface area contributed by atoms with Crippen LogP contribution in [0.5, 0.6) is 0 Å². The number of aromatic nitrogens is 4. The summed E-state index contributed by atoms with van der Waals surface area (Å²) in [5.74, 6) is 1.39. The van der Waals surface area contributed by atoms with Gasteiger partial charge in [0.1, 0.15) is 11.8 Å². The van der Waals surface area contributed by atoms with Gasteiger partial charge in [-0.1, -0.05) is 78.9 Å². The molecule has 5 heteroatoms. The van der Waals surface area contributed by atoms with E-state index in [1.807, 2.05) is 37.3 Å². The van der Waals surface area contributed by atoms with Gasteiger partial charge in [0, 0.05) is 23.6 Å². The van der Waals surface area contributed by atoms with Gasteiger partial charge in [-0.2, -0.15) is 0 Å². The summed E-state index contributed by atoms with van der Waals surface area (Å²) in [6.07, 6.45) is 1.78. The number of nitrogens with zero attached hydrogens (tertiary/aromatic N) is 4. The van der Waals surface area contributed by atoms with Crippen molar-refractivity contribution in [2.24, 2.45) is 0 Å². The highest BCUT2D eigenvalue weighted by Crippen LogP contribution is 2.37. The molecule has 0 amide bonds. The van der Waals surface area contributed by atoms with Crippen LogP contribution in [0.3, 0.4) is 0 Å². The van der Waals surface area contributed by atoms with Gasteiger partial charge in [0.15, 0.2) is 17.3 Å². The number of fused-ring (bicyclic) bond motifs is 1. The molecule has 6 aromatic rings. The van der Waals surface area contributed by atoms with Gasteiger partial charge < -0.3 is 4.42 Å². The maximum atomic E-state index is 5.66. The van der Waals surface area contributed by atoms with Crippen molar-refractivity contribution in [3.05, 3.63) is 109 Å². The lowest BCUT2D eigenvalue weighted by atomic mass is 9.95. The molecular weight excluding hydrogens is 408 g/mol. The van der Waals surface area contributed by atoms with Gasteiger partial charge in [0.25, 0.3) is 0 Å². The highest BCUT2D eigenvalue weighted by atomic mass is 16.3. The Hall–Kier alpha value is -4.51. The molecule has 0 fully saturated rings. The summed E-state index contributed by atoms with van der Waals surface area (Å²) in [4.78, 5) is 4.49. The zero-order valence-electron chi connectivity index (χ0n) is 18.0. The van der Waals surface area contributed by atoms with Crippen LogP contribution in [-0.2, 0) is 0 Å². The van der Waals surface area contributed by atoms with E-state index in [4.69, 9.17) is 4.42 Å². The highest BCUT2D eigenvalue weighted by molar-refractivity contribution is 5.87. The molecule has 0 aliphatic rings. The van der Waals surface area contributed by atoms with E-state index in [1.165, 1.54) is 0 Å². The summed E-state index contributed by atoms with van der Waals surface area (Å²) in [6.45, 7) is 1.85. The molecule has 0 N–H and O–H groups in total. The molecule has 2 aromatic heterocycles. The summed E-state index contributed by atoms with van der Waals surface area (Å²) >= 11 is 0. The Balaban J connectivity index is 1.62. The van der Waals surface area contributed by atoms with Crippen LogP contribution in [0.2, 0.25) is 0 Å². The van der Waals surface area contributed by atoms with Crippen molar-refractivity contribution < 1.29 is 4.42 Å². The fourth-order valence-electron chi connectivity index (χ4n) is 4.28. The largest absolute Gasteiger partial charge is 0.441 e. The third-order valence-corrected chi connectivity index (χ3v) is 5.75. The first-order chi connectivity index (χ1) is 16.3. The number of para-hydroxylation sites is 1. The monoisotopic (exact) mass is 428 g/mol. The predicted octanol–water partition coefficient (Wildman–Crippen LogP) is 6.72. The van der Waals surface area contributed by atoms with E-state index in [-0.39, 0.29) is 0 Å². The number of hydrogen-bond acceptors (Lipinski definition) is 4. The first-order valence-corrected chi connectivity index (χ1v) is 10.8. The molecule has 0 radical (unpaired) electrons. The number of benzene rings is 4. The summed E-state index contributed by atoms with van der Waals surface area (Å²) in [5, 5.41) is 8.80. The molecule has 0 atom stereocenters. The lowest BCUT2D eigenvalue weighted by molar-refractivity contribution is 0.561. The molecule has 158 valence electrons. The van der Waals surface area contributed by atoms with Gasteiger partial charge in [0.2, 0.25) is 0 Å². The summed E-state index contributed by atoms with van der Waals surface area (Å²) in [6, 6.07) is 33.1. The van der Waals surface area contributed by atoms with Gasteiger partial charge in [-0.3, -0.25) is 4.57 Å². The lowest BCUT2D eigenvalue weighted by Crippen LogP contribution is -2.02. The standard InChI is InChI=1S/C28H20N4O/c1-19-30-25-17-22(15-16-26(25)33-19)28-31-29-18-32(28)27-23(20-9-4-2-5-10-20)13-8-14-24(27)21-11-6-3-7-12-21/h2-18H,1H3. The Bertz CT molecular complexity index is 1510. The Morgan fingerprint density at radius 2 is 1.36 bits per heavy atom. The summed E-state index contributed by atoms with van der Waals surface area (Å²) in [5.41, 5.74) is 8.01. The second-order valence-electron chi connectivity index (χ2n) is 7.87. The minimum Gasteiger partial charge on any atom is -0.441 e. The molecule has 0 saturated heterocycles. The molecule has 0 aliphatic carbocycles. The smallest absolute Gasteiger partial charge is 0.192 e. The van der Waals surface area contributed by atoms with Crippen molar-refractivity contribution in [3.63, 3.8) is 0 Å². The number of rotatable bonds is 4. The van der Waals surface area contributed by atoms with E-state index in [2.05, 4.69) is 86.5 Å². The van der Waals surface area contributed by atoms with E-state index >= 15 is 0 Å². The molecular formula is C28H20N4O. The molecule has 0 saturated carbocycles. The molecule has 0 aliphatic heterocycles. The van der Waals surface area contributed by atoms with Crippen LogP contribution in [0.4, 0.5) is 0 Å². The second kappa shape index (κ2) is 7.88. The van der Waals surface area contributed by atoms with E-state index in [1.54, 1.807) is 6.33 Å². The SMILES string of the molecule is Cc1nc2cc(-c3nncn3-c3c(-c4ccccc4)cccc3-c3ccccc3)ccc2o1. The van der Waals surface area contributed by atoms with Crippen LogP contribution in [0, 0.1) is 6.92 Å². The number of hydrogen-bond donors (Lipinski definition) is 0. The topological polar surface area (TPSA) is 56.7 Å². The molecule has 5 nitrogen and oxygen atoms in total. The van der Waals surface area contributed by atoms with Crippen molar-refractivity contribution in [1.82, 2.24) is 19.7 Å². The molecule has 0 spiro atoms. The normalized spacial score (nSPS) is 11.2. The molecule has 4 aromatic carbocycles. The predicted molar refractivity (Wildman–Crippen MR) is 130 cm³/mol. The molecule has 0 unspecified atom stereocenters. The van der Waals surface area contributed by atoms with Gasteiger partial charge in [0.05, 0.1) is 5.69 Å². The van der Waals surface area contributed by atoms with E-state index < -0.39 is 0 Å². The summed E-state index contributed by atoms with van der Waals surface area (Å²) in [7, 11) is 0. The Kier molecular flexibility index (Phi) is 4.58.